The number of allylic oxidation sites excluding steroid dienone is 1. The molecule has 2 aromatic heterocycles. The highest BCUT2D eigenvalue weighted by molar-refractivity contribution is 7.90. The summed E-state index contributed by atoms with van der Waals surface area (Å²) >= 11 is 6.22. The number of nitrogens with zero attached hydrogens (tertiary/aromatic N) is 4. The predicted molar refractivity (Wildman–Crippen MR) is 216 cm³/mol. The van der Waals surface area contributed by atoms with Crippen molar-refractivity contribution < 1.29 is 27.6 Å². The second-order valence-corrected chi connectivity index (χ2v) is 17.1. The summed E-state index contributed by atoms with van der Waals surface area (Å²) in [4.78, 5) is 36.0. The Morgan fingerprint density at radius 3 is 2.54 bits per heavy atom. The molecule has 5 aromatic rings. The minimum absolute atomic E-state index is 0.0105. The quantitative estimate of drug-likeness (QED) is 0.0936. The highest BCUT2D eigenvalue weighted by atomic mass is 35.5. The van der Waals surface area contributed by atoms with Crippen LogP contribution in [0.5, 0.6) is 11.5 Å². The van der Waals surface area contributed by atoms with E-state index in [1.807, 2.05) is 18.2 Å². The van der Waals surface area contributed by atoms with Crippen molar-refractivity contribution in [2.75, 3.05) is 44.7 Å². The molecule has 1 amide bonds. The molecule has 1 fully saturated rings. The summed E-state index contributed by atoms with van der Waals surface area (Å²) in [5, 5.41) is 13.1. The second kappa shape index (κ2) is 16.1. The van der Waals surface area contributed by atoms with E-state index in [9.17, 15) is 23.3 Å². The van der Waals surface area contributed by atoms with E-state index in [0.717, 1.165) is 61.1 Å². The zero-order chi connectivity index (χ0) is 39.6. The van der Waals surface area contributed by atoms with Crippen molar-refractivity contribution in [1.82, 2.24) is 19.6 Å². The molecule has 0 unspecified atom stereocenters. The van der Waals surface area contributed by atoms with E-state index in [1.165, 1.54) is 48.2 Å². The molecule has 1 saturated heterocycles. The lowest BCUT2D eigenvalue weighted by molar-refractivity contribution is -0.385. The van der Waals surface area contributed by atoms with Crippen LogP contribution in [-0.2, 0) is 21.4 Å². The third kappa shape index (κ3) is 8.89. The van der Waals surface area contributed by atoms with Crippen molar-refractivity contribution in [2.45, 2.75) is 44.6 Å². The monoisotopic (exact) mass is 798 g/mol. The van der Waals surface area contributed by atoms with Crippen LogP contribution < -0.4 is 14.4 Å². The number of anilines is 1. The van der Waals surface area contributed by atoms with E-state index in [-0.39, 0.29) is 33.9 Å². The fourth-order valence-electron chi connectivity index (χ4n) is 7.39. The smallest absolute Gasteiger partial charge is 0.270 e. The number of piperazine rings is 1. The molecular formula is C41H43ClN6O7S. The van der Waals surface area contributed by atoms with Gasteiger partial charge in [-0.25, -0.2) is 18.1 Å². The minimum atomic E-state index is -4.55. The molecular weight excluding hydrogens is 756 g/mol. The maximum atomic E-state index is 13.9. The Morgan fingerprint density at radius 1 is 1.04 bits per heavy atom. The Bertz CT molecular complexity index is 2420. The van der Waals surface area contributed by atoms with E-state index >= 15 is 0 Å². The fraction of sp³-hybridized carbons (Fsp3) is 0.317. The third-order valence-electron chi connectivity index (χ3n) is 10.3. The van der Waals surface area contributed by atoms with Crippen molar-refractivity contribution in [3.05, 3.63) is 123 Å². The summed E-state index contributed by atoms with van der Waals surface area (Å²) in [6.07, 6.45) is 6.40. The number of fused-ring (bicyclic) bond motifs is 1. The average molecular weight is 799 g/mol. The van der Waals surface area contributed by atoms with E-state index in [4.69, 9.17) is 21.1 Å². The Kier molecular flexibility index (Phi) is 11.2. The Labute approximate surface area is 330 Å². The van der Waals surface area contributed by atoms with Gasteiger partial charge < -0.3 is 19.4 Å². The number of non-ortho nitro benzene ring substituents is 1. The number of nitro benzene ring substituents is 1. The summed E-state index contributed by atoms with van der Waals surface area (Å²) < 4.78 is 41.2. The number of carbonyl (C=O) groups is 1. The number of aromatic nitrogens is 2. The number of H-pyrrole nitrogens is 1. The van der Waals surface area contributed by atoms with Crippen LogP contribution in [0.4, 0.5) is 11.4 Å². The fourth-order valence-corrected chi connectivity index (χ4v) is 8.60. The summed E-state index contributed by atoms with van der Waals surface area (Å²) in [5.74, 6) is -0.753. The number of aromatic amines is 1. The SMILES string of the molecule is COCc1cc(C(=O)NS(=O)(=O)c2ccc(N3CCN(CC4=C(c5ccc(Cl)cc5)CC(C)(C)CC4)CC3)cc2Oc2cnc3[nH]ccc3c2)cc([N+](=O)[O-])c1. The Morgan fingerprint density at radius 2 is 1.80 bits per heavy atom. The van der Waals surface area contributed by atoms with Crippen LogP contribution in [0.3, 0.4) is 0 Å². The lowest BCUT2D eigenvalue weighted by atomic mass is 9.72. The first-order chi connectivity index (χ1) is 26.8. The largest absolute Gasteiger partial charge is 0.454 e. The summed E-state index contributed by atoms with van der Waals surface area (Å²) in [6.45, 7) is 8.51. The topological polar surface area (TPSA) is 160 Å². The third-order valence-corrected chi connectivity index (χ3v) is 12.0. The van der Waals surface area contributed by atoms with E-state index in [2.05, 4.69) is 50.5 Å². The molecule has 13 nitrogen and oxygen atoms in total. The van der Waals surface area contributed by atoms with Gasteiger partial charge in [0.15, 0.2) is 0 Å². The molecule has 0 spiro atoms. The molecule has 1 aliphatic heterocycles. The number of hydrogen-bond donors (Lipinski definition) is 2. The highest BCUT2D eigenvalue weighted by Crippen LogP contribution is 2.43. The molecule has 0 atom stereocenters. The second-order valence-electron chi connectivity index (χ2n) is 15.0. The predicted octanol–water partition coefficient (Wildman–Crippen LogP) is 7.97. The van der Waals surface area contributed by atoms with Gasteiger partial charge in [0.25, 0.3) is 21.6 Å². The van der Waals surface area contributed by atoms with Crippen LogP contribution in [0.25, 0.3) is 16.6 Å². The molecule has 15 heteroatoms. The van der Waals surface area contributed by atoms with Gasteiger partial charge in [0.2, 0.25) is 0 Å². The number of ether oxygens (including phenoxy) is 2. The van der Waals surface area contributed by atoms with Gasteiger partial charge in [0.05, 0.1) is 17.7 Å². The molecule has 7 rings (SSSR count). The van der Waals surface area contributed by atoms with E-state index in [1.54, 1.807) is 24.4 Å². The van der Waals surface area contributed by atoms with Gasteiger partial charge in [-0.15, -0.1) is 0 Å². The van der Waals surface area contributed by atoms with E-state index in [0.29, 0.717) is 30.0 Å². The molecule has 56 heavy (non-hydrogen) atoms. The van der Waals surface area contributed by atoms with Gasteiger partial charge in [-0.05, 0) is 83.8 Å². The Balaban J connectivity index is 1.13. The molecule has 0 saturated carbocycles. The first kappa shape index (κ1) is 39.0. The molecule has 3 heterocycles. The maximum absolute atomic E-state index is 13.9. The van der Waals surface area contributed by atoms with Crippen LogP contribution in [0.2, 0.25) is 5.02 Å². The molecule has 0 radical (unpaired) electrons. The normalized spacial score (nSPS) is 16.2. The number of pyridine rings is 1. The highest BCUT2D eigenvalue weighted by Gasteiger charge is 2.30. The van der Waals surface area contributed by atoms with Crippen LogP contribution in [0.1, 0.15) is 54.6 Å². The van der Waals surface area contributed by atoms with Crippen molar-refractivity contribution in [3.8, 4) is 11.5 Å². The molecule has 292 valence electrons. The zero-order valence-electron chi connectivity index (χ0n) is 31.4. The van der Waals surface area contributed by atoms with Crippen molar-refractivity contribution >= 4 is 55.5 Å². The lowest BCUT2D eigenvalue weighted by Crippen LogP contribution is -2.47. The van der Waals surface area contributed by atoms with Gasteiger partial charge >= 0.3 is 0 Å². The number of nitro groups is 1. The first-order valence-corrected chi connectivity index (χ1v) is 20.2. The molecule has 1 aliphatic carbocycles. The van der Waals surface area contributed by atoms with Crippen molar-refractivity contribution in [3.63, 3.8) is 0 Å². The number of benzene rings is 3. The zero-order valence-corrected chi connectivity index (χ0v) is 33.0. The number of hydrogen-bond acceptors (Lipinski definition) is 10. The number of carbonyl (C=O) groups excluding carboxylic acids is 1. The number of methoxy groups -OCH3 is 1. The maximum Gasteiger partial charge on any atom is 0.270 e. The average Bonchev–Trinajstić information content (AvgIpc) is 3.64. The number of amides is 1. The number of sulfonamides is 1. The van der Waals surface area contributed by atoms with Crippen LogP contribution >= 0.6 is 11.6 Å². The molecule has 3 aromatic carbocycles. The van der Waals surface area contributed by atoms with Crippen LogP contribution in [0.15, 0.2) is 95.7 Å². The van der Waals surface area contributed by atoms with E-state index < -0.39 is 20.9 Å². The van der Waals surface area contributed by atoms with Gasteiger partial charge in [0.1, 0.15) is 22.0 Å². The molecule has 0 bridgehead atoms. The summed E-state index contributed by atoms with van der Waals surface area (Å²) in [7, 11) is -3.14. The van der Waals surface area contributed by atoms with Crippen LogP contribution in [0, 0.1) is 15.5 Å². The number of halogens is 1. The van der Waals surface area contributed by atoms with Gasteiger partial charge in [-0.1, -0.05) is 43.2 Å². The van der Waals surface area contributed by atoms with Gasteiger partial charge in [0, 0.05) is 85.9 Å². The molecule has 2 N–H and O–H groups in total. The van der Waals surface area contributed by atoms with Crippen molar-refractivity contribution in [1.29, 1.82) is 0 Å². The molecule has 2 aliphatic rings. The lowest BCUT2D eigenvalue weighted by Gasteiger charge is -2.39. The first-order valence-electron chi connectivity index (χ1n) is 18.3. The minimum Gasteiger partial charge on any atom is -0.454 e. The number of rotatable bonds is 12. The van der Waals surface area contributed by atoms with Crippen molar-refractivity contribution in [2.24, 2.45) is 5.41 Å². The van der Waals surface area contributed by atoms with Gasteiger partial charge in [-0.2, -0.15) is 0 Å². The standard InChI is InChI=1S/C41H43ClN6O7S/c1-41(2)12-10-30(36(23-41)28-4-6-32(42)7-5-28)25-46-14-16-47(17-15-46)33-8-9-38(37(22-33)55-35-21-29-11-13-43-39(29)44-24-35)56(52,53)45-40(49)31-18-27(26-54-3)19-34(20-31)48(50)51/h4-9,11,13,18-22,24H,10,12,14-17,23,25-26H2,1-3H3,(H,43,44)(H,45,49). The van der Waals surface area contributed by atoms with Gasteiger partial charge in [-0.3, -0.25) is 19.8 Å². The summed E-state index contributed by atoms with van der Waals surface area (Å²) in [5.41, 5.74) is 5.46. The summed E-state index contributed by atoms with van der Waals surface area (Å²) in [6, 6.07) is 20.1. The number of nitrogens with one attached hydrogen (secondary N) is 2. The Hall–Kier alpha value is -5.28. The van der Waals surface area contributed by atoms with Crippen LogP contribution in [-0.4, -0.2) is 73.9 Å².